The SMILES string of the molecule is NCC1CCCC(CCCCNC(=O)CCCCCNC2CCCC3C(=O)NC(=O)C23)C1. The highest BCUT2D eigenvalue weighted by Crippen LogP contribution is 2.34. The number of nitrogens with two attached hydrogens (primary N) is 1. The monoisotopic (exact) mass is 448 g/mol. The fourth-order valence-electron chi connectivity index (χ4n) is 6.01. The molecule has 2 aliphatic carbocycles. The predicted molar refractivity (Wildman–Crippen MR) is 126 cm³/mol. The molecule has 0 bridgehead atoms. The average molecular weight is 449 g/mol. The number of hydrogen-bond acceptors (Lipinski definition) is 5. The molecule has 3 rings (SSSR count). The Morgan fingerprint density at radius 1 is 0.906 bits per heavy atom. The molecule has 0 aromatic heterocycles. The zero-order chi connectivity index (χ0) is 22.8. The van der Waals surface area contributed by atoms with Crippen LogP contribution in [0.5, 0.6) is 0 Å². The fraction of sp³-hybridized carbons (Fsp3) is 0.880. The van der Waals surface area contributed by atoms with Gasteiger partial charge in [0.05, 0.1) is 11.8 Å². The Labute approximate surface area is 193 Å². The first-order valence-electron chi connectivity index (χ1n) is 13.1. The van der Waals surface area contributed by atoms with E-state index in [9.17, 15) is 14.4 Å². The molecule has 5 atom stereocenters. The minimum atomic E-state index is -0.192. The molecule has 3 amide bonds. The average Bonchev–Trinajstić information content (AvgIpc) is 3.10. The molecule has 182 valence electrons. The van der Waals surface area contributed by atoms with Gasteiger partial charge in [-0.05, 0) is 69.9 Å². The number of unbranched alkanes of at least 4 members (excludes halogenated alkanes) is 3. The number of amides is 3. The van der Waals surface area contributed by atoms with Crippen molar-refractivity contribution in [2.45, 2.75) is 95.9 Å². The van der Waals surface area contributed by atoms with Gasteiger partial charge in [-0.1, -0.05) is 38.5 Å². The molecule has 32 heavy (non-hydrogen) atoms. The minimum absolute atomic E-state index is 0.0910. The molecule has 3 fully saturated rings. The molecule has 1 saturated heterocycles. The van der Waals surface area contributed by atoms with Gasteiger partial charge in [0.2, 0.25) is 17.7 Å². The second kappa shape index (κ2) is 13.3. The number of rotatable bonds is 13. The summed E-state index contributed by atoms with van der Waals surface area (Å²) in [5, 5.41) is 9.05. The Morgan fingerprint density at radius 3 is 2.53 bits per heavy atom. The summed E-state index contributed by atoms with van der Waals surface area (Å²) in [4.78, 5) is 35.9. The van der Waals surface area contributed by atoms with Gasteiger partial charge in [-0.25, -0.2) is 0 Å². The molecule has 5 N–H and O–H groups in total. The third kappa shape index (κ3) is 7.55. The van der Waals surface area contributed by atoms with Crippen LogP contribution in [0.4, 0.5) is 0 Å². The zero-order valence-electron chi connectivity index (χ0n) is 19.7. The van der Waals surface area contributed by atoms with Crippen molar-refractivity contribution in [1.29, 1.82) is 0 Å². The maximum absolute atomic E-state index is 12.1. The van der Waals surface area contributed by atoms with Crippen LogP contribution in [0.25, 0.3) is 0 Å². The van der Waals surface area contributed by atoms with Crippen LogP contribution in [-0.2, 0) is 14.4 Å². The first-order valence-corrected chi connectivity index (χ1v) is 13.1. The van der Waals surface area contributed by atoms with Crippen LogP contribution >= 0.6 is 0 Å². The second-order valence-electron chi connectivity index (χ2n) is 10.3. The Balaban J connectivity index is 1.16. The Hall–Kier alpha value is -1.47. The fourth-order valence-corrected chi connectivity index (χ4v) is 6.01. The topological polar surface area (TPSA) is 113 Å². The minimum Gasteiger partial charge on any atom is -0.356 e. The van der Waals surface area contributed by atoms with Crippen LogP contribution < -0.4 is 21.7 Å². The van der Waals surface area contributed by atoms with Crippen LogP contribution in [0.2, 0.25) is 0 Å². The smallest absolute Gasteiger partial charge is 0.232 e. The number of hydrogen-bond donors (Lipinski definition) is 4. The van der Waals surface area contributed by atoms with Crippen molar-refractivity contribution in [3.05, 3.63) is 0 Å². The number of imide groups is 1. The van der Waals surface area contributed by atoms with Crippen molar-refractivity contribution in [2.24, 2.45) is 29.4 Å². The lowest BCUT2D eigenvalue weighted by molar-refractivity contribution is -0.126. The molecule has 7 heteroatoms. The molecular formula is C25H44N4O3. The predicted octanol–water partition coefficient (Wildman–Crippen LogP) is 2.63. The summed E-state index contributed by atoms with van der Waals surface area (Å²) < 4.78 is 0. The van der Waals surface area contributed by atoms with Gasteiger partial charge >= 0.3 is 0 Å². The van der Waals surface area contributed by atoms with Gasteiger partial charge in [0.1, 0.15) is 0 Å². The molecule has 0 spiro atoms. The molecule has 5 unspecified atom stereocenters. The summed E-state index contributed by atoms with van der Waals surface area (Å²) in [6, 6.07) is 0.110. The Morgan fingerprint density at radius 2 is 1.69 bits per heavy atom. The van der Waals surface area contributed by atoms with E-state index in [1.807, 2.05) is 0 Å². The van der Waals surface area contributed by atoms with E-state index in [0.29, 0.717) is 6.42 Å². The lowest BCUT2D eigenvalue weighted by atomic mass is 9.77. The van der Waals surface area contributed by atoms with E-state index in [4.69, 9.17) is 5.73 Å². The highest BCUT2D eigenvalue weighted by Gasteiger charge is 2.47. The van der Waals surface area contributed by atoms with Gasteiger partial charge in [0.15, 0.2) is 0 Å². The van der Waals surface area contributed by atoms with Crippen molar-refractivity contribution in [2.75, 3.05) is 19.6 Å². The van der Waals surface area contributed by atoms with Crippen LogP contribution in [0.15, 0.2) is 0 Å². The van der Waals surface area contributed by atoms with E-state index in [1.54, 1.807) is 0 Å². The van der Waals surface area contributed by atoms with Crippen molar-refractivity contribution in [3.8, 4) is 0 Å². The largest absolute Gasteiger partial charge is 0.356 e. The van der Waals surface area contributed by atoms with Crippen LogP contribution in [0, 0.1) is 23.7 Å². The molecule has 2 saturated carbocycles. The van der Waals surface area contributed by atoms with Crippen molar-refractivity contribution >= 4 is 17.7 Å². The van der Waals surface area contributed by atoms with Gasteiger partial charge in [-0.15, -0.1) is 0 Å². The van der Waals surface area contributed by atoms with E-state index in [-0.39, 0.29) is 35.6 Å². The van der Waals surface area contributed by atoms with Gasteiger partial charge < -0.3 is 16.4 Å². The summed E-state index contributed by atoms with van der Waals surface area (Å²) in [6.45, 7) is 2.46. The summed E-state index contributed by atoms with van der Waals surface area (Å²) >= 11 is 0. The van der Waals surface area contributed by atoms with E-state index in [2.05, 4.69) is 16.0 Å². The van der Waals surface area contributed by atoms with E-state index >= 15 is 0 Å². The maximum Gasteiger partial charge on any atom is 0.232 e. The molecule has 3 aliphatic rings. The lowest BCUT2D eigenvalue weighted by Gasteiger charge is -2.31. The standard InChI is InChI=1S/C25H44N4O3/c26-17-19-10-6-9-18(16-19)8-3-5-15-28-22(30)13-2-1-4-14-27-21-12-7-11-20-23(21)25(32)29-24(20)31/h18-21,23,27H,1-17,26H2,(H,28,30)(H,29,31,32). The third-order valence-corrected chi connectivity index (χ3v) is 7.86. The summed E-state index contributed by atoms with van der Waals surface area (Å²) in [7, 11) is 0. The molecule has 1 aliphatic heterocycles. The van der Waals surface area contributed by atoms with Gasteiger partial charge in [0, 0.05) is 19.0 Å². The molecule has 0 aromatic rings. The number of nitrogens with one attached hydrogen (secondary N) is 3. The van der Waals surface area contributed by atoms with Gasteiger partial charge in [0.25, 0.3) is 0 Å². The number of carbonyl (C=O) groups excluding carboxylic acids is 3. The molecule has 7 nitrogen and oxygen atoms in total. The van der Waals surface area contributed by atoms with Crippen LogP contribution in [-0.4, -0.2) is 43.4 Å². The first-order chi connectivity index (χ1) is 15.6. The Kier molecular flexibility index (Phi) is 10.4. The van der Waals surface area contributed by atoms with Crippen LogP contribution in [0.3, 0.4) is 0 Å². The van der Waals surface area contributed by atoms with E-state index < -0.39 is 0 Å². The first kappa shape index (κ1) is 25.2. The van der Waals surface area contributed by atoms with Gasteiger partial charge in [-0.2, -0.15) is 0 Å². The molecule has 1 heterocycles. The Bertz CT molecular complexity index is 626. The maximum atomic E-state index is 12.1. The quantitative estimate of drug-likeness (QED) is 0.255. The summed E-state index contributed by atoms with van der Waals surface area (Å²) in [5.41, 5.74) is 5.83. The summed E-state index contributed by atoms with van der Waals surface area (Å²) in [5.74, 6) is 1.21. The van der Waals surface area contributed by atoms with Gasteiger partial charge in [-0.3, -0.25) is 19.7 Å². The van der Waals surface area contributed by atoms with E-state index in [1.165, 1.54) is 38.5 Å². The lowest BCUT2D eigenvalue weighted by Crippen LogP contribution is -2.44. The number of carbonyl (C=O) groups is 3. The molecule has 0 radical (unpaired) electrons. The molecule has 0 aromatic carbocycles. The van der Waals surface area contributed by atoms with Crippen molar-refractivity contribution in [3.63, 3.8) is 0 Å². The molecular weight excluding hydrogens is 404 g/mol. The highest BCUT2D eigenvalue weighted by molar-refractivity contribution is 6.05. The highest BCUT2D eigenvalue weighted by atomic mass is 16.2. The normalized spacial score (nSPS) is 30.1. The van der Waals surface area contributed by atoms with E-state index in [0.717, 1.165) is 76.4 Å². The third-order valence-electron chi connectivity index (χ3n) is 7.86. The van der Waals surface area contributed by atoms with Crippen molar-refractivity contribution < 1.29 is 14.4 Å². The summed E-state index contributed by atoms with van der Waals surface area (Å²) in [6.07, 6.45) is 15.1. The van der Waals surface area contributed by atoms with Crippen LogP contribution in [0.1, 0.15) is 89.9 Å². The number of fused-ring (bicyclic) bond motifs is 1. The zero-order valence-corrected chi connectivity index (χ0v) is 19.7. The second-order valence-corrected chi connectivity index (χ2v) is 10.3. The van der Waals surface area contributed by atoms with Crippen molar-refractivity contribution in [1.82, 2.24) is 16.0 Å².